The quantitative estimate of drug-likeness (QED) is 0.341. The zero-order valence-corrected chi connectivity index (χ0v) is 23.9. The highest BCUT2D eigenvalue weighted by molar-refractivity contribution is 5.68. The van der Waals surface area contributed by atoms with Crippen LogP contribution in [0.2, 0.25) is 0 Å². The first kappa shape index (κ1) is 28.8. The lowest BCUT2D eigenvalue weighted by Crippen LogP contribution is -2.38. The van der Waals surface area contributed by atoms with Crippen molar-refractivity contribution in [3.05, 3.63) is 83.7 Å². The molecule has 1 saturated heterocycles. The molecule has 0 radical (unpaired) electrons. The topological polar surface area (TPSA) is 46.5 Å². The van der Waals surface area contributed by atoms with Gasteiger partial charge >= 0.3 is 6.09 Å². The fourth-order valence-corrected chi connectivity index (χ4v) is 5.18. The van der Waals surface area contributed by atoms with Gasteiger partial charge in [-0.3, -0.25) is 0 Å². The summed E-state index contributed by atoms with van der Waals surface area (Å²) in [5.41, 5.74) is 2.33. The van der Waals surface area contributed by atoms with Crippen molar-refractivity contribution in [3.8, 4) is 11.1 Å². The summed E-state index contributed by atoms with van der Waals surface area (Å²) < 4.78 is 36.6. The molecule has 1 N–H and O–H groups in total. The monoisotopic (exact) mass is 537 g/mol. The molecule has 2 atom stereocenters. The third-order valence-electron chi connectivity index (χ3n) is 7.08. The zero-order chi connectivity index (χ0) is 28.4. The first-order chi connectivity index (χ1) is 18.3. The zero-order valence-electron chi connectivity index (χ0n) is 23.9. The van der Waals surface area contributed by atoms with E-state index >= 15 is 0 Å². The molecule has 1 aliphatic heterocycles. The summed E-state index contributed by atoms with van der Waals surface area (Å²) in [4.78, 5) is 14.3. The smallest absolute Gasteiger partial charge is 0.410 e. The van der Waals surface area contributed by atoms with Gasteiger partial charge < -0.3 is 19.5 Å². The lowest BCUT2D eigenvalue weighted by Gasteiger charge is -2.34. The van der Waals surface area contributed by atoms with Crippen LogP contribution < -0.4 is 5.32 Å². The molecule has 5 nitrogen and oxygen atoms in total. The molecule has 39 heavy (non-hydrogen) atoms. The number of amides is 1. The highest BCUT2D eigenvalue weighted by atomic mass is 19.1. The number of nitrogens with zero attached hydrogens (tertiary/aromatic N) is 2. The van der Waals surface area contributed by atoms with E-state index in [-0.39, 0.29) is 23.1 Å². The summed E-state index contributed by atoms with van der Waals surface area (Å²) in [6.45, 7) is 14.8. The van der Waals surface area contributed by atoms with Gasteiger partial charge in [0.2, 0.25) is 0 Å². The molecule has 210 valence electrons. The van der Waals surface area contributed by atoms with E-state index in [4.69, 9.17) is 4.74 Å². The van der Waals surface area contributed by atoms with E-state index in [2.05, 4.69) is 42.8 Å². The molecule has 0 spiro atoms. The third kappa shape index (κ3) is 7.47. The maximum absolute atomic E-state index is 14.8. The van der Waals surface area contributed by atoms with E-state index in [1.807, 2.05) is 51.2 Å². The van der Waals surface area contributed by atoms with Crippen LogP contribution in [0, 0.1) is 23.0 Å². The molecule has 1 amide bonds. The minimum Gasteiger partial charge on any atom is -0.444 e. The van der Waals surface area contributed by atoms with Crippen molar-refractivity contribution in [2.45, 2.75) is 66.2 Å². The van der Waals surface area contributed by atoms with Crippen LogP contribution >= 0.6 is 0 Å². The van der Waals surface area contributed by atoms with E-state index in [0.29, 0.717) is 31.1 Å². The van der Waals surface area contributed by atoms with Gasteiger partial charge in [-0.25, -0.2) is 13.6 Å². The average molecular weight is 538 g/mol. The number of hydrogen-bond acceptors (Lipinski definition) is 3. The number of benzene rings is 2. The Hall–Kier alpha value is -3.19. The highest BCUT2D eigenvalue weighted by Gasteiger charge is 2.33. The minimum atomic E-state index is -0.520. The molecule has 3 aromatic rings. The lowest BCUT2D eigenvalue weighted by molar-refractivity contribution is 0.0287. The molecule has 2 heterocycles. The van der Waals surface area contributed by atoms with Crippen LogP contribution in [-0.4, -0.2) is 40.8 Å². The third-order valence-corrected chi connectivity index (χ3v) is 7.08. The van der Waals surface area contributed by atoms with Gasteiger partial charge in [0.1, 0.15) is 17.2 Å². The summed E-state index contributed by atoms with van der Waals surface area (Å²) in [5, 5.41) is 3.78. The van der Waals surface area contributed by atoms with Crippen LogP contribution in [-0.2, 0) is 11.3 Å². The Balaban J connectivity index is 1.60. The summed E-state index contributed by atoms with van der Waals surface area (Å²) in [6.07, 6.45) is 2.55. The SMILES string of the molecule is CC(C)(C)OC(=O)N1CCC(CN[C@@H](c2cc(-c3cc(F)ccc3F)cn2Cc2ccccc2)C(C)(C)C)C1. The van der Waals surface area contributed by atoms with Crippen LogP contribution in [0.15, 0.2) is 60.8 Å². The van der Waals surface area contributed by atoms with Crippen molar-refractivity contribution in [3.63, 3.8) is 0 Å². The Morgan fingerprint density at radius 1 is 1.05 bits per heavy atom. The second-order valence-electron chi connectivity index (χ2n) is 12.7. The van der Waals surface area contributed by atoms with Gasteiger partial charge in [-0.1, -0.05) is 51.1 Å². The molecule has 4 rings (SSSR count). The van der Waals surface area contributed by atoms with Crippen LogP contribution in [0.3, 0.4) is 0 Å². The molecule has 0 aliphatic carbocycles. The number of carbonyl (C=O) groups excluding carboxylic acids is 1. The highest BCUT2D eigenvalue weighted by Crippen LogP contribution is 2.37. The Morgan fingerprint density at radius 3 is 2.44 bits per heavy atom. The van der Waals surface area contributed by atoms with Crippen LogP contribution in [0.25, 0.3) is 11.1 Å². The standard InChI is InChI=1S/C32H41F2N3O2/c1-31(2,3)29(35-18-23-14-15-36(20-23)30(38)39-32(4,5)6)28-16-24(26-17-25(33)12-13-27(26)34)21-37(28)19-22-10-8-7-9-11-22/h7-13,16-17,21,23,29,35H,14-15,18-20H2,1-6H3/t23?,29-/m0/s1. The molecule has 1 aliphatic rings. The molecule has 2 aromatic carbocycles. The van der Waals surface area contributed by atoms with Crippen LogP contribution in [0.4, 0.5) is 13.6 Å². The normalized spacial score (nSPS) is 16.9. The summed E-state index contributed by atoms with van der Waals surface area (Å²) >= 11 is 0. The molecule has 0 bridgehead atoms. The van der Waals surface area contributed by atoms with E-state index in [1.165, 1.54) is 12.1 Å². The maximum atomic E-state index is 14.8. The van der Waals surface area contributed by atoms with E-state index in [9.17, 15) is 13.6 Å². The second kappa shape index (κ2) is 11.5. The summed E-state index contributed by atoms with van der Waals surface area (Å²) in [7, 11) is 0. The van der Waals surface area contributed by atoms with Gasteiger partial charge in [-0.2, -0.15) is 0 Å². The molecule has 1 unspecified atom stereocenters. The molecular weight excluding hydrogens is 496 g/mol. The fourth-order valence-electron chi connectivity index (χ4n) is 5.18. The molecule has 7 heteroatoms. The number of aromatic nitrogens is 1. The number of halogens is 2. The number of hydrogen-bond donors (Lipinski definition) is 1. The average Bonchev–Trinajstić information content (AvgIpc) is 3.47. The number of carbonyl (C=O) groups is 1. The maximum Gasteiger partial charge on any atom is 0.410 e. The molecular formula is C32H41F2N3O2. The minimum absolute atomic E-state index is 0.0674. The number of rotatable bonds is 7. The van der Waals surface area contributed by atoms with Crippen molar-refractivity contribution in [2.75, 3.05) is 19.6 Å². The molecule has 1 aromatic heterocycles. The first-order valence-electron chi connectivity index (χ1n) is 13.7. The lowest BCUT2D eigenvalue weighted by atomic mass is 9.84. The number of ether oxygens (including phenoxy) is 1. The van der Waals surface area contributed by atoms with Gasteiger partial charge in [-0.15, -0.1) is 0 Å². The number of likely N-dealkylation sites (tertiary alicyclic amines) is 1. The Labute approximate surface area is 231 Å². The van der Waals surface area contributed by atoms with Crippen LogP contribution in [0.5, 0.6) is 0 Å². The summed E-state index contributed by atoms with van der Waals surface area (Å²) in [5.74, 6) is -0.627. The van der Waals surface area contributed by atoms with E-state index in [1.54, 1.807) is 4.90 Å². The van der Waals surface area contributed by atoms with Crippen LogP contribution in [0.1, 0.15) is 65.3 Å². The Morgan fingerprint density at radius 2 is 1.77 bits per heavy atom. The van der Waals surface area contributed by atoms with Crippen molar-refractivity contribution >= 4 is 6.09 Å². The van der Waals surface area contributed by atoms with Gasteiger partial charge in [0, 0.05) is 49.2 Å². The van der Waals surface area contributed by atoms with Crippen molar-refractivity contribution in [1.29, 1.82) is 0 Å². The predicted molar refractivity (Wildman–Crippen MR) is 151 cm³/mol. The van der Waals surface area contributed by atoms with Crippen molar-refractivity contribution in [1.82, 2.24) is 14.8 Å². The van der Waals surface area contributed by atoms with E-state index in [0.717, 1.165) is 30.3 Å². The fraction of sp³-hybridized carbons (Fsp3) is 0.469. The van der Waals surface area contributed by atoms with Crippen molar-refractivity contribution in [2.24, 2.45) is 11.3 Å². The van der Waals surface area contributed by atoms with E-state index < -0.39 is 17.2 Å². The summed E-state index contributed by atoms with van der Waals surface area (Å²) in [6, 6.07) is 15.6. The van der Waals surface area contributed by atoms with Gasteiger partial charge in [0.05, 0.1) is 6.04 Å². The number of nitrogens with one attached hydrogen (secondary N) is 1. The first-order valence-corrected chi connectivity index (χ1v) is 13.7. The van der Waals surface area contributed by atoms with Crippen molar-refractivity contribution < 1.29 is 18.3 Å². The Bertz CT molecular complexity index is 1270. The van der Waals surface area contributed by atoms with Gasteiger partial charge in [0.25, 0.3) is 0 Å². The molecule has 1 fully saturated rings. The predicted octanol–water partition coefficient (Wildman–Crippen LogP) is 7.42. The Kier molecular flexibility index (Phi) is 8.50. The van der Waals surface area contributed by atoms with Gasteiger partial charge in [0.15, 0.2) is 0 Å². The second-order valence-corrected chi connectivity index (χ2v) is 12.7. The van der Waals surface area contributed by atoms with Gasteiger partial charge in [-0.05, 0) is 68.4 Å². The molecule has 0 saturated carbocycles. The largest absolute Gasteiger partial charge is 0.444 e.